The minimum atomic E-state index is 0.175. The molecule has 0 unspecified atom stereocenters. The van der Waals surface area contributed by atoms with Gasteiger partial charge in [-0.05, 0) is 39.2 Å². The first kappa shape index (κ1) is 14.3. The molecule has 0 radical (unpaired) electrons. The quantitative estimate of drug-likeness (QED) is 0.805. The molecule has 1 heterocycles. The lowest BCUT2D eigenvalue weighted by Gasteiger charge is -2.22. The van der Waals surface area contributed by atoms with Crippen LogP contribution in [0.15, 0.2) is 12.1 Å². The van der Waals surface area contributed by atoms with Gasteiger partial charge in [-0.3, -0.25) is 0 Å². The van der Waals surface area contributed by atoms with Crippen molar-refractivity contribution in [2.45, 2.75) is 25.5 Å². The van der Waals surface area contributed by atoms with Crippen molar-refractivity contribution in [2.75, 3.05) is 18.1 Å². The highest BCUT2D eigenvalue weighted by atomic mass is 32.2. The summed E-state index contributed by atoms with van der Waals surface area (Å²) in [5.74, 6) is 0.829. The zero-order valence-electron chi connectivity index (χ0n) is 10.7. The number of rotatable bonds is 5. The molecule has 0 saturated carbocycles. The number of aromatic nitrogens is 1. The highest BCUT2D eigenvalue weighted by Crippen LogP contribution is 2.21. The first-order valence-corrected chi connectivity index (χ1v) is 7.05. The van der Waals surface area contributed by atoms with Gasteiger partial charge in [-0.15, -0.1) is 0 Å². The summed E-state index contributed by atoms with van der Waals surface area (Å²) in [6.45, 7) is 7.16. The van der Waals surface area contributed by atoms with Gasteiger partial charge in [0.15, 0.2) is 0 Å². The SMILES string of the molecule is CSC(C)(C)CNc1cc(C(N)=S)cc(C)n1. The zero-order chi connectivity index (χ0) is 13.1. The number of anilines is 1. The number of pyridine rings is 1. The molecule has 17 heavy (non-hydrogen) atoms. The Balaban J connectivity index is 2.81. The van der Waals surface area contributed by atoms with Crippen LogP contribution in [0.5, 0.6) is 0 Å². The molecule has 5 heteroatoms. The predicted octanol–water partition coefficient (Wildman–Crippen LogP) is 2.58. The molecule has 0 fully saturated rings. The molecular weight excluding hydrogens is 250 g/mol. The summed E-state index contributed by atoms with van der Waals surface area (Å²) in [7, 11) is 0. The molecule has 0 bridgehead atoms. The maximum absolute atomic E-state index is 5.63. The number of nitrogens with two attached hydrogens (primary N) is 1. The topological polar surface area (TPSA) is 50.9 Å². The Bertz CT molecular complexity index is 416. The Morgan fingerprint density at radius 1 is 1.53 bits per heavy atom. The van der Waals surface area contributed by atoms with Crippen molar-refractivity contribution >= 4 is 34.8 Å². The van der Waals surface area contributed by atoms with Gasteiger partial charge < -0.3 is 11.1 Å². The summed E-state index contributed by atoms with van der Waals surface area (Å²) < 4.78 is 0.175. The van der Waals surface area contributed by atoms with Crippen LogP contribution in [-0.4, -0.2) is 27.5 Å². The second-order valence-corrected chi connectivity index (χ2v) is 6.52. The molecule has 94 valence electrons. The fourth-order valence-electron chi connectivity index (χ4n) is 1.28. The molecule has 0 aliphatic rings. The van der Waals surface area contributed by atoms with Crippen LogP contribution in [0.4, 0.5) is 5.82 Å². The van der Waals surface area contributed by atoms with E-state index in [4.69, 9.17) is 18.0 Å². The van der Waals surface area contributed by atoms with Gasteiger partial charge in [0.2, 0.25) is 0 Å². The number of aryl methyl sites for hydroxylation is 1. The third-order valence-electron chi connectivity index (χ3n) is 2.49. The van der Waals surface area contributed by atoms with Crippen molar-refractivity contribution in [3.05, 3.63) is 23.4 Å². The minimum absolute atomic E-state index is 0.175. The lowest BCUT2D eigenvalue weighted by Crippen LogP contribution is -2.26. The van der Waals surface area contributed by atoms with Gasteiger partial charge in [-0.2, -0.15) is 11.8 Å². The Hall–Kier alpha value is -0.810. The van der Waals surface area contributed by atoms with Crippen LogP contribution in [-0.2, 0) is 0 Å². The Morgan fingerprint density at radius 3 is 2.71 bits per heavy atom. The van der Waals surface area contributed by atoms with Crippen molar-refractivity contribution in [3.63, 3.8) is 0 Å². The molecule has 0 saturated heterocycles. The lowest BCUT2D eigenvalue weighted by molar-refractivity contribution is 0.750. The van der Waals surface area contributed by atoms with E-state index in [1.54, 1.807) is 0 Å². The van der Waals surface area contributed by atoms with Crippen LogP contribution in [0.25, 0.3) is 0 Å². The standard InChI is InChI=1S/C12H19N3S2/c1-8-5-9(11(13)16)6-10(15-8)14-7-12(2,3)17-4/h5-6H,7H2,1-4H3,(H2,13,16)(H,14,15). The molecule has 0 aliphatic heterocycles. The molecule has 0 aliphatic carbocycles. The van der Waals surface area contributed by atoms with Crippen molar-refractivity contribution in [2.24, 2.45) is 5.73 Å². The van der Waals surface area contributed by atoms with Gasteiger partial charge in [0.1, 0.15) is 10.8 Å². The predicted molar refractivity (Wildman–Crippen MR) is 80.9 cm³/mol. The third-order valence-corrected chi connectivity index (χ3v) is 3.97. The maximum atomic E-state index is 5.63. The van der Waals surface area contributed by atoms with Crippen molar-refractivity contribution in [1.29, 1.82) is 0 Å². The Labute approximate surface area is 113 Å². The molecule has 1 aromatic rings. The van der Waals surface area contributed by atoms with E-state index < -0.39 is 0 Å². The van der Waals surface area contributed by atoms with Gasteiger partial charge in [-0.25, -0.2) is 4.98 Å². The molecule has 0 atom stereocenters. The molecule has 1 rings (SSSR count). The average Bonchev–Trinajstić information content (AvgIpc) is 2.26. The van der Waals surface area contributed by atoms with E-state index in [0.29, 0.717) is 4.99 Å². The third kappa shape index (κ3) is 4.52. The number of nitrogens with one attached hydrogen (secondary N) is 1. The van der Waals surface area contributed by atoms with Crippen LogP contribution in [0.2, 0.25) is 0 Å². The normalized spacial score (nSPS) is 11.3. The molecule has 3 nitrogen and oxygen atoms in total. The fourth-order valence-corrected chi connectivity index (χ4v) is 1.61. The second kappa shape index (κ2) is 5.69. The molecule has 1 aromatic heterocycles. The number of thiocarbonyl (C=S) groups is 1. The summed E-state index contributed by atoms with van der Waals surface area (Å²) >= 11 is 6.80. The van der Waals surface area contributed by atoms with Gasteiger partial charge in [0.05, 0.1) is 0 Å². The highest BCUT2D eigenvalue weighted by Gasteiger charge is 2.15. The average molecular weight is 269 g/mol. The molecule has 0 amide bonds. The van der Waals surface area contributed by atoms with Crippen LogP contribution >= 0.6 is 24.0 Å². The van der Waals surface area contributed by atoms with Crippen molar-refractivity contribution < 1.29 is 0 Å². The van der Waals surface area contributed by atoms with Crippen LogP contribution in [0, 0.1) is 6.92 Å². The monoisotopic (exact) mass is 269 g/mol. The van der Waals surface area contributed by atoms with Gasteiger partial charge in [0, 0.05) is 22.5 Å². The van der Waals surface area contributed by atoms with Crippen LogP contribution in [0.1, 0.15) is 25.1 Å². The summed E-state index contributed by atoms with van der Waals surface area (Å²) in [5.41, 5.74) is 7.41. The maximum Gasteiger partial charge on any atom is 0.126 e. The van der Waals surface area contributed by atoms with Gasteiger partial charge in [-0.1, -0.05) is 12.2 Å². The smallest absolute Gasteiger partial charge is 0.126 e. The Kier molecular flexibility index (Phi) is 4.77. The zero-order valence-corrected chi connectivity index (χ0v) is 12.3. The summed E-state index contributed by atoms with van der Waals surface area (Å²) in [6, 6.07) is 3.79. The number of nitrogens with zero attached hydrogens (tertiary/aromatic N) is 1. The molecule has 0 aromatic carbocycles. The fraction of sp³-hybridized carbons (Fsp3) is 0.500. The summed E-state index contributed by atoms with van der Waals surface area (Å²) in [5, 5.41) is 3.32. The van der Waals surface area contributed by atoms with Crippen LogP contribution in [0.3, 0.4) is 0 Å². The van der Waals surface area contributed by atoms with E-state index in [-0.39, 0.29) is 4.75 Å². The van der Waals surface area contributed by atoms with E-state index in [1.807, 2.05) is 30.8 Å². The van der Waals surface area contributed by atoms with E-state index in [0.717, 1.165) is 23.6 Å². The Morgan fingerprint density at radius 2 is 2.18 bits per heavy atom. The first-order valence-electron chi connectivity index (χ1n) is 5.41. The lowest BCUT2D eigenvalue weighted by atomic mass is 10.2. The minimum Gasteiger partial charge on any atom is -0.389 e. The number of hydrogen-bond acceptors (Lipinski definition) is 4. The summed E-state index contributed by atoms with van der Waals surface area (Å²) in [6.07, 6.45) is 2.10. The summed E-state index contributed by atoms with van der Waals surface area (Å²) in [4.78, 5) is 4.82. The highest BCUT2D eigenvalue weighted by molar-refractivity contribution is 7.99. The number of thioether (sulfide) groups is 1. The molecule has 3 N–H and O–H groups in total. The molecular formula is C12H19N3S2. The largest absolute Gasteiger partial charge is 0.389 e. The van der Waals surface area contributed by atoms with Gasteiger partial charge >= 0.3 is 0 Å². The van der Waals surface area contributed by atoms with E-state index in [2.05, 4.69) is 30.4 Å². The first-order chi connectivity index (χ1) is 7.84. The second-order valence-electron chi connectivity index (χ2n) is 4.56. The number of hydrogen-bond donors (Lipinski definition) is 2. The van der Waals surface area contributed by atoms with E-state index in [9.17, 15) is 0 Å². The van der Waals surface area contributed by atoms with E-state index in [1.165, 1.54) is 0 Å². The van der Waals surface area contributed by atoms with Gasteiger partial charge in [0.25, 0.3) is 0 Å². The van der Waals surface area contributed by atoms with Crippen molar-refractivity contribution in [1.82, 2.24) is 4.98 Å². The molecule has 0 spiro atoms. The van der Waals surface area contributed by atoms with Crippen LogP contribution < -0.4 is 11.1 Å². The van der Waals surface area contributed by atoms with Crippen molar-refractivity contribution in [3.8, 4) is 0 Å². The van der Waals surface area contributed by atoms with E-state index >= 15 is 0 Å².